The number of benzene rings is 1. The second-order valence-corrected chi connectivity index (χ2v) is 9.66. The van der Waals surface area contributed by atoms with Crippen LogP contribution in [0.1, 0.15) is 24.6 Å². The summed E-state index contributed by atoms with van der Waals surface area (Å²) in [7, 11) is 0. The van der Waals surface area contributed by atoms with E-state index >= 15 is 0 Å². The van der Waals surface area contributed by atoms with Gasteiger partial charge in [-0.05, 0) is 51.0 Å². The van der Waals surface area contributed by atoms with E-state index < -0.39 is 9.75 Å². The summed E-state index contributed by atoms with van der Waals surface area (Å²) in [5.41, 5.74) is 2.10. The van der Waals surface area contributed by atoms with E-state index in [1.54, 1.807) is 30.0 Å². The second kappa shape index (κ2) is 5.96. The number of amides is 1. The van der Waals surface area contributed by atoms with Gasteiger partial charge in [-0.15, -0.1) is 34.5 Å². The summed E-state index contributed by atoms with van der Waals surface area (Å²) in [5, 5.41) is 4.97. The fourth-order valence-corrected chi connectivity index (χ4v) is 4.84. The Balaban J connectivity index is 1.71. The van der Waals surface area contributed by atoms with Crippen molar-refractivity contribution >= 4 is 57.9 Å². The first-order valence-electron chi connectivity index (χ1n) is 7.11. The molecule has 1 unspecified atom stereocenters. The predicted octanol–water partition coefficient (Wildman–Crippen LogP) is 5.43. The molecule has 1 fully saturated rings. The molecule has 1 aliphatic carbocycles. The van der Waals surface area contributed by atoms with Gasteiger partial charge in [0.2, 0.25) is 5.91 Å². The summed E-state index contributed by atoms with van der Waals surface area (Å²) in [5.74, 6) is -0.137. The van der Waals surface area contributed by atoms with Crippen molar-refractivity contribution in [3.8, 4) is 0 Å². The largest absolute Gasteiger partial charge is 0.325 e. The molecule has 1 aromatic carbocycles. The number of rotatable bonds is 4. The van der Waals surface area contributed by atoms with Gasteiger partial charge in [0.05, 0.1) is 5.41 Å². The molecule has 3 rings (SSSR count). The first kappa shape index (κ1) is 17.1. The van der Waals surface area contributed by atoms with Crippen LogP contribution < -0.4 is 5.32 Å². The minimum Gasteiger partial charge on any atom is -0.325 e. The molecule has 1 saturated carbocycles. The van der Waals surface area contributed by atoms with Gasteiger partial charge in [-0.25, -0.2) is 4.98 Å². The molecule has 0 radical (unpaired) electrons. The lowest BCUT2D eigenvalue weighted by Crippen LogP contribution is -2.26. The van der Waals surface area contributed by atoms with Crippen molar-refractivity contribution in [1.29, 1.82) is 0 Å². The highest BCUT2D eigenvalue weighted by molar-refractivity contribution is 8.01. The van der Waals surface area contributed by atoms with Crippen molar-refractivity contribution in [1.82, 2.24) is 4.98 Å². The molecule has 122 valence electrons. The molecule has 0 saturated heterocycles. The average Bonchev–Trinajstić information content (AvgIpc) is 2.78. The maximum Gasteiger partial charge on any atom is 0.233 e. The Labute approximate surface area is 153 Å². The summed E-state index contributed by atoms with van der Waals surface area (Å²) in [6.45, 7) is 5.74. The smallest absolute Gasteiger partial charge is 0.233 e. The van der Waals surface area contributed by atoms with Crippen molar-refractivity contribution in [3.63, 3.8) is 0 Å². The Kier molecular flexibility index (Phi) is 4.42. The van der Waals surface area contributed by atoms with Gasteiger partial charge in [-0.2, -0.15) is 0 Å². The zero-order valence-electron chi connectivity index (χ0n) is 12.9. The van der Waals surface area contributed by atoms with E-state index in [-0.39, 0.29) is 5.91 Å². The monoisotopic (exact) mass is 386 g/mol. The van der Waals surface area contributed by atoms with Crippen LogP contribution in [0.3, 0.4) is 0 Å². The van der Waals surface area contributed by atoms with Crippen LogP contribution in [-0.2, 0) is 4.79 Å². The number of halogens is 2. The molecule has 2 aromatic rings. The third-order valence-electron chi connectivity index (χ3n) is 4.01. The predicted molar refractivity (Wildman–Crippen MR) is 97.9 cm³/mol. The Morgan fingerprint density at radius 1 is 1.39 bits per heavy atom. The van der Waals surface area contributed by atoms with Crippen LogP contribution in [0.15, 0.2) is 32.8 Å². The maximum atomic E-state index is 12.3. The zero-order valence-corrected chi connectivity index (χ0v) is 16.1. The Morgan fingerprint density at radius 2 is 2.09 bits per heavy atom. The van der Waals surface area contributed by atoms with Crippen LogP contribution in [-0.4, -0.2) is 15.2 Å². The topological polar surface area (TPSA) is 42.0 Å². The van der Waals surface area contributed by atoms with E-state index in [4.69, 9.17) is 23.2 Å². The number of anilines is 1. The summed E-state index contributed by atoms with van der Waals surface area (Å²) in [4.78, 5) is 17.9. The molecule has 1 atom stereocenters. The van der Waals surface area contributed by atoms with Crippen LogP contribution in [0.25, 0.3) is 0 Å². The number of carbonyl (C=O) groups excluding carboxylic acids is 1. The third kappa shape index (κ3) is 3.38. The number of nitrogens with zero attached hydrogens (tertiary/aromatic N) is 1. The van der Waals surface area contributed by atoms with Crippen molar-refractivity contribution in [2.75, 3.05) is 5.32 Å². The van der Waals surface area contributed by atoms with Crippen molar-refractivity contribution in [2.45, 2.75) is 40.8 Å². The number of alkyl halides is 2. The van der Waals surface area contributed by atoms with Crippen LogP contribution in [0.5, 0.6) is 0 Å². The van der Waals surface area contributed by atoms with E-state index in [2.05, 4.69) is 10.3 Å². The van der Waals surface area contributed by atoms with Gasteiger partial charge in [0.25, 0.3) is 0 Å². The van der Waals surface area contributed by atoms with Crippen molar-refractivity contribution in [3.05, 3.63) is 34.8 Å². The molecule has 1 aromatic heterocycles. The average molecular weight is 387 g/mol. The minimum atomic E-state index is -0.955. The molecule has 1 amide bonds. The molecule has 1 heterocycles. The molecular weight excluding hydrogens is 371 g/mol. The molecule has 1 aliphatic rings. The summed E-state index contributed by atoms with van der Waals surface area (Å²) >= 11 is 15.4. The number of carbonyl (C=O) groups is 1. The van der Waals surface area contributed by atoms with E-state index in [0.717, 1.165) is 26.2 Å². The number of thiazole rings is 1. The van der Waals surface area contributed by atoms with Crippen LogP contribution in [0, 0.1) is 19.3 Å². The maximum absolute atomic E-state index is 12.3. The van der Waals surface area contributed by atoms with E-state index in [1.165, 1.54) is 0 Å². The van der Waals surface area contributed by atoms with Gasteiger partial charge in [0.1, 0.15) is 4.33 Å². The number of aryl methyl sites for hydroxylation is 2. The standard InChI is InChI=1S/C16H16Cl2N2OS2/c1-9-6-11(23-14-19-10(2)7-22-14)4-5-12(9)20-13(21)15(3)8-16(15,17)18/h4-7H,8H2,1-3H3,(H,20,21). The van der Waals surface area contributed by atoms with Crippen LogP contribution >= 0.6 is 46.3 Å². The second-order valence-electron chi connectivity index (χ2n) is 6.00. The highest BCUT2D eigenvalue weighted by Gasteiger charge is 2.67. The highest BCUT2D eigenvalue weighted by Crippen LogP contribution is 2.64. The summed E-state index contributed by atoms with van der Waals surface area (Å²) < 4.78 is 0.0574. The van der Waals surface area contributed by atoms with Gasteiger partial charge in [0.15, 0.2) is 4.34 Å². The van der Waals surface area contributed by atoms with Crippen LogP contribution in [0.2, 0.25) is 0 Å². The number of nitrogens with one attached hydrogen (secondary N) is 1. The molecule has 0 bridgehead atoms. The molecule has 0 spiro atoms. The molecule has 1 N–H and O–H groups in total. The molecule has 7 heteroatoms. The highest BCUT2D eigenvalue weighted by atomic mass is 35.5. The lowest BCUT2D eigenvalue weighted by atomic mass is 10.1. The minimum absolute atomic E-state index is 0.137. The van der Waals surface area contributed by atoms with Crippen LogP contribution in [0.4, 0.5) is 5.69 Å². The fraction of sp³-hybridized carbons (Fsp3) is 0.375. The summed E-state index contributed by atoms with van der Waals surface area (Å²) in [6.07, 6.45) is 0.478. The molecule has 3 nitrogen and oxygen atoms in total. The Bertz CT molecular complexity index is 775. The summed E-state index contributed by atoms with van der Waals surface area (Å²) in [6, 6.07) is 5.93. The SMILES string of the molecule is Cc1csc(Sc2ccc(NC(=O)C3(C)CC3(Cl)Cl)c(C)c2)n1. The Hall–Kier alpha value is -0.750. The van der Waals surface area contributed by atoms with Crippen molar-refractivity contribution < 1.29 is 4.79 Å². The lowest BCUT2D eigenvalue weighted by molar-refractivity contribution is -0.120. The van der Waals surface area contributed by atoms with E-state index in [0.29, 0.717) is 6.42 Å². The van der Waals surface area contributed by atoms with E-state index in [1.807, 2.05) is 37.4 Å². The van der Waals surface area contributed by atoms with Gasteiger partial charge in [-0.3, -0.25) is 4.79 Å². The van der Waals surface area contributed by atoms with Gasteiger partial charge < -0.3 is 5.32 Å². The van der Waals surface area contributed by atoms with E-state index in [9.17, 15) is 4.79 Å². The first-order valence-corrected chi connectivity index (χ1v) is 9.56. The molecular formula is C16H16Cl2N2OS2. The van der Waals surface area contributed by atoms with Gasteiger partial charge >= 0.3 is 0 Å². The van der Waals surface area contributed by atoms with Crippen molar-refractivity contribution in [2.24, 2.45) is 5.41 Å². The quantitative estimate of drug-likeness (QED) is 0.711. The third-order valence-corrected chi connectivity index (χ3v) is 7.16. The normalized spacial score (nSPS) is 22.0. The fourth-order valence-electron chi connectivity index (χ4n) is 2.23. The zero-order chi connectivity index (χ0) is 16.8. The number of aromatic nitrogens is 1. The number of hydrogen-bond donors (Lipinski definition) is 1. The molecule has 0 aliphatic heterocycles. The first-order chi connectivity index (χ1) is 10.7. The van der Waals surface area contributed by atoms with Gasteiger partial charge in [0, 0.05) is 21.7 Å². The Morgan fingerprint density at radius 3 is 2.61 bits per heavy atom. The van der Waals surface area contributed by atoms with Gasteiger partial charge in [-0.1, -0.05) is 11.8 Å². The lowest BCUT2D eigenvalue weighted by Gasteiger charge is -2.14. The molecule has 23 heavy (non-hydrogen) atoms. The number of hydrogen-bond acceptors (Lipinski definition) is 4.